The number of carbonyl (C=O) groups is 1. The molecule has 2 rings (SSSR count). The topological polar surface area (TPSA) is 64.3 Å². The lowest BCUT2D eigenvalue weighted by atomic mass is 10.1. The molecule has 0 saturated carbocycles. The van der Waals surface area contributed by atoms with Crippen molar-refractivity contribution >= 4 is 17.3 Å². The number of ether oxygens (including phenoxy) is 1. The molecule has 0 aliphatic heterocycles. The van der Waals surface area contributed by atoms with Gasteiger partial charge < -0.3 is 15.8 Å². The highest BCUT2D eigenvalue weighted by Gasteiger charge is 2.09. The van der Waals surface area contributed by atoms with E-state index < -0.39 is 0 Å². The van der Waals surface area contributed by atoms with Crippen molar-refractivity contribution in [3.63, 3.8) is 0 Å². The number of para-hydroxylation sites is 1. The maximum absolute atomic E-state index is 12.0. The summed E-state index contributed by atoms with van der Waals surface area (Å²) in [6.07, 6.45) is 0.279. The summed E-state index contributed by atoms with van der Waals surface area (Å²) in [5, 5.41) is 2.86. The van der Waals surface area contributed by atoms with Crippen LogP contribution in [0.25, 0.3) is 0 Å². The normalized spacial score (nSPS) is 10.2. The molecule has 0 fully saturated rings. The molecule has 0 spiro atoms. The minimum Gasteiger partial charge on any atom is -0.493 e. The molecule has 0 aliphatic rings. The monoisotopic (exact) mass is 284 g/mol. The van der Waals surface area contributed by atoms with Crippen molar-refractivity contribution in [1.29, 1.82) is 0 Å². The first-order chi connectivity index (χ1) is 10.1. The van der Waals surface area contributed by atoms with Gasteiger partial charge in [0.05, 0.1) is 24.4 Å². The molecule has 0 unspecified atom stereocenters. The van der Waals surface area contributed by atoms with Gasteiger partial charge in [0.15, 0.2) is 0 Å². The van der Waals surface area contributed by atoms with E-state index in [-0.39, 0.29) is 12.3 Å². The van der Waals surface area contributed by atoms with Crippen LogP contribution in [0, 0.1) is 13.8 Å². The van der Waals surface area contributed by atoms with Crippen LogP contribution >= 0.6 is 0 Å². The molecule has 4 heteroatoms. The summed E-state index contributed by atoms with van der Waals surface area (Å²) < 4.78 is 5.51. The number of aryl methyl sites for hydroxylation is 1. The highest BCUT2D eigenvalue weighted by Crippen LogP contribution is 2.25. The number of anilines is 2. The number of amides is 1. The molecule has 21 heavy (non-hydrogen) atoms. The molecule has 2 aromatic rings. The second-order valence-electron chi connectivity index (χ2n) is 4.93. The van der Waals surface area contributed by atoms with Crippen LogP contribution in [0.15, 0.2) is 42.5 Å². The first kappa shape index (κ1) is 14.9. The predicted molar refractivity (Wildman–Crippen MR) is 85.5 cm³/mol. The van der Waals surface area contributed by atoms with Crippen molar-refractivity contribution in [1.82, 2.24) is 0 Å². The molecule has 0 bridgehead atoms. The average molecular weight is 284 g/mol. The van der Waals surface area contributed by atoms with E-state index in [2.05, 4.69) is 5.32 Å². The van der Waals surface area contributed by atoms with Crippen molar-refractivity contribution in [3.05, 3.63) is 53.6 Å². The summed E-state index contributed by atoms with van der Waals surface area (Å²) in [5.74, 6) is 0.655. The SMILES string of the molecule is Cc1ccc(N)c(NC(=O)CCOc2ccccc2)c1C. The predicted octanol–water partition coefficient (Wildman–Crippen LogP) is 3.29. The Morgan fingerprint density at radius 1 is 1.14 bits per heavy atom. The quantitative estimate of drug-likeness (QED) is 0.828. The van der Waals surface area contributed by atoms with Gasteiger partial charge in [-0.25, -0.2) is 0 Å². The molecule has 110 valence electrons. The lowest BCUT2D eigenvalue weighted by Gasteiger charge is -2.13. The Labute approximate surface area is 124 Å². The van der Waals surface area contributed by atoms with Gasteiger partial charge in [-0.15, -0.1) is 0 Å². The van der Waals surface area contributed by atoms with Crippen LogP contribution in [0.3, 0.4) is 0 Å². The third-order valence-corrected chi connectivity index (χ3v) is 3.37. The van der Waals surface area contributed by atoms with Gasteiger partial charge in [-0.05, 0) is 43.2 Å². The van der Waals surface area contributed by atoms with Gasteiger partial charge in [-0.3, -0.25) is 4.79 Å². The van der Waals surface area contributed by atoms with Crippen molar-refractivity contribution < 1.29 is 9.53 Å². The molecule has 0 atom stereocenters. The van der Waals surface area contributed by atoms with Crippen LogP contribution in [0.4, 0.5) is 11.4 Å². The van der Waals surface area contributed by atoms with Gasteiger partial charge >= 0.3 is 0 Å². The number of rotatable bonds is 5. The molecular formula is C17H20N2O2. The highest BCUT2D eigenvalue weighted by atomic mass is 16.5. The summed E-state index contributed by atoms with van der Waals surface area (Å²) in [5.41, 5.74) is 9.28. The van der Waals surface area contributed by atoms with Crippen LogP contribution in [0.2, 0.25) is 0 Å². The van der Waals surface area contributed by atoms with Gasteiger partial charge in [-0.1, -0.05) is 24.3 Å². The Kier molecular flexibility index (Phi) is 4.82. The highest BCUT2D eigenvalue weighted by molar-refractivity contribution is 5.95. The first-order valence-corrected chi connectivity index (χ1v) is 6.91. The zero-order valence-electron chi connectivity index (χ0n) is 12.3. The van der Waals surface area contributed by atoms with Crippen LogP contribution < -0.4 is 15.8 Å². The van der Waals surface area contributed by atoms with E-state index in [1.165, 1.54) is 0 Å². The minimum atomic E-state index is -0.105. The van der Waals surface area contributed by atoms with Gasteiger partial charge in [0.25, 0.3) is 0 Å². The van der Waals surface area contributed by atoms with Gasteiger partial charge in [0.2, 0.25) is 5.91 Å². The Hall–Kier alpha value is -2.49. The summed E-state index contributed by atoms with van der Waals surface area (Å²) in [6.45, 7) is 4.27. The van der Waals surface area contributed by atoms with E-state index in [4.69, 9.17) is 10.5 Å². The Morgan fingerprint density at radius 3 is 2.57 bits per heavy atom. The second kappa shape index (κ2) is 6.79. The van der Waals surface area contributed by atoms with Crippen LogP contribution in [0.5, 0.6) is 5.75 Å². The molecule has 0 saturated heterocycles. The number of benzene rings is 2. The molecule has 0 heterocycles. The fourth-order valence-corrected chi connectivity index (χ4v) is 1.98. The molecule has 0 aliphatic carbocycles. The lowest BCUT2D eigenvalue weighted by Crippen LogP contribution is -2.17. The van der Waals surface area contributed by atoms with Crippen molar-refractivity contribution in [2.24, 2.45) is 0 Å². The van der Waals surface area contributed by atoms with Crippen molar-refractivity contribution in [2.75, 3.05) is 17.7 Å². The number of hydrogen-bond donors (Lipinski definition) is 2. The Bertz CT molecular complexity index is 624. The number of nitrogen functional groups attached to an aromatic ring is 1. The lowest BCUT2D eigenvalue weighted by molar-refractivity contribution is -0.116. The zero-order valence-corrected chi connectivity index (χ0v) is 12.3. The van der Waals surface area contributed by atoms with Gasteiger partial charge in [0, 0.05) is 0 Å². The molecule has 0 aromatic heterocycles. The van der Waals surface area contributed by atoms with Crippen LogP contribution in [-0.4, -0.2) is 12.5 Å². The number of nitrogens with two attached hydrogens (primary N) is 1. The number of carbonyl (C=O) groups excluding carboxylic acids is 1. The smallest absolute Gasteiger partial charge is 0.227 e. The van der Waals surface area contributed by atoms with E-state index >= 15 is 0 Å². The van der Waals surface area contributed by atoms with Crippen LogP contribution in [0.1, 0.15) is 17.5 Å². The number of hydrogen-bond acceptors (Lipinski definition) is 3. The Morgan fingerprint density at radius 2 is 1.86 bits per heavy atom. The molecule has 2 aromatic carbocycles. The average Bonchev–Trinajstić information content (AvgIpc) is 2.49. The van der Waals surface area contributed by atoms with E-state index in [0.29, 0.717) is 18.0 Å². The minimum absolute atomic E-state index is 0.105. The Balaban J connectivity index is 1.89. The third-order valence-electron chi connectivity index (χ3n) is 3.37. The van der Waals surface area contributed by atoms with Gasteiger partial charge in [-0.2, -0.15) is 0 Å². The van der Waals surface area contributed by atoms with E-state index in [1.807, 2.05) is 50.2 Å². The van der Waals surface area contributed by atoms with Crippen molar-refractivity contribution in [3.8, 4) is 5.75 Å². The van der Waals surface area contributed by atoms with Gasteiger partial charge in [0.1, 0.15) is 5.75 Å². The fourth-order valence-electron chi connectivity index (χ4n) is 1.98. The summed E-state index contributed by atoms with van der Waals surface area (Å²) in [4.78, 5) is 12.0. The third kappa shape index (κ3) is 3.99. The summed E-state index contributed by atoms with van der Waals surface area (Å²) in [7, 11) is 0. The maximum Gasteiger partial charge on any atom is 0.227 e. The van der Waals surface area contributed by atoms with Crippen molar-refractivity contribution in [2.45, 2.75) is 20.3 Å². The second-order valence-corrected chi connectivity index (χ2v) is 4.93. The zero-order chi connectivity index (χ0) is 15.2. The van der Waals surface area contributed by atoms with E-state index in [1.54, 1.807) is 6.07 Å². The molecular weight excluding hydrogens is 264 g/mol. The largest absolute Gasteiger partial charge is 0.493 e. The number of nitrogens with one attached hydrogen (secondary N) is 1. The maximum atomic E-state index is 12.0. The summed E-state index contributed by atoms with van der Waals surface area (Å²) in [6, 6.07) is 13.2. The molecule has 3 N–H and O–H groups in total. The van der Waals surface area contributed by atoms with Crippen LogP contribution in [-0.2, 0) is 4.79 Å². The standard InChI is InChI=1S/C17H20N2O2/c1-12-8-9-15(18)17(13(12)2)19-16(20)10-11-21-14-6-4-3-5-7-14/h3-9H,10-11,18H2,1-2H3,(H,19,20). The fraction of sp³-hybridized carbons (Fsp3) is 0.235. The molecule has 0 radical (unpaired) electrons. The first-order valence-electron chi connectivity index (χ1n) is 6.91. The van der Waals surface area contributed by atoms with E-state index in [0.717, 1.165) is 16.9 Å². The summed E-state index contributed by atoms with van der Waals surface area (Å²) >= 11 is 0. The molecule has 1 amide bonds. The van der Waals surface area contributed by atoms with E-state index in [9.17, 15) is 4.79 Å². The molecule has 4 nitrogen and oxygen atoms in total.